The standard InChI is InChI=1S/C13H17NO4S/c1-9-12(4-6-18-9)13(15)14(10-2-3-10)11-5-7-19(16,17)8-11/h4,6,10-11H,2-3,5,7-8H2,1H3/t11-/m1/s1. The summed E-state index contributed by atoms with van der Waals surface area (Å²) in [5.74, 6) is 0.803. The number of carbonyl (C=O) groups excluding carboxylic acids is 1. The lowest BCUT2D eigenvalue weighted by atomic mass is 10.1. The number of nitrogens with zero attached hydrogens (tertiary/aromatic N) is 1. The molecule has 2 aliphatic rings. The molecule has 1 aliphatic carbocycles. The van der Waals surface area contributed by atoms with Gasteiger partial charge in [-0.2, -0.15) is 0 Å². The van der Waals surface area contributed by atoms with Crippen LogP contribution in [0.5, 0.6) is 0 Å². The third-order valence-corrected chi connectivity index (χ3v) is 5.62. The van der Waals surface area contributed by atoms with E-state index in [0.29, 0.717) is 17.7 Å². The summed E-state index contributed by atoms with van der Waals surface area (Å²) in [7, 11) is -2.98. The molecular weight excluding hydrogens is 266 g/mol. The molecule has 104 valence electrons. The summed E-state index contributed by atoms with van der Waals surface area (Å²) >= 11 is 0. The van der Waals surface area contributed by atoms with Crippen LogP contribution in [0, 0.1) is 6.92 Å². The molecule has 0 N–H and O–H groups in total. The second-order valence-electron chi connectivity index (χ2n) is 5.39. The van der Waals surface area contributed by atoms with Crippen LogP contribution in [0.25, 0.3) is 0 Å². The van der Waals surface area contributed by atoms with Crippen LogP contribution in [0.3, 0.4) is 0 Å². The Bertz CT molecular complexity index is 600. The van der Waals surface area contributed by atoms with Crippen molar-refractivity contribution >= 4 is 15.7 Å². The highest BCUT2D eigenvalue weighted by molar-refractivity contribution is 7.91. The van der Waals surface area contributed by atoms with Gasteiger partial charge >= 0.3 is 0 Å². The molecule has 5 nitrogen and oxygen atoms in total. The van der Waals surface area contributed by atoms with Crippen molar-refractivity contribution < 1.29 is 17.6 Å². The molecule has 6 heteroatoms. The van der Waals surface area contributed by atoms with Crippen LogP contribution in [0.4, 0.5) is 0 Å². The molecule has 1 aromatic rings. The number of furan rings is 1. The maximum absolute atomic E-state index is 12.6. The fraction of sp³-hybridized carbons (Fsp3) is 0.615. The van der Waals surface area contributed by atoms with Crippen LogP contribution in [0.15, 0.2) is 16.7 Å². The van der Waals surface area contributed by atoms with Crippen LogP contribution in [0.2, 0.25) is 0 Å². The Morgan fingerprint density at radius 3 is 2.53 bits per heavy atom. The van der Waals surface area contributed by atoms with Gasteiger partial charge in [0.2, 0.25) is 0 Å². The molecule has 1 aliphatic heterocycles. The van der Waals surface area contributed by atoms with Gasteiger partial charge in [-0.15, -0.1) is 0 Å². The normalized spacial score (nSPS) is 25.4. The van der Waals surface area contributed by atoms with Crippen molar-refractivity contribution in [3.05, 3.63) is 23.7 Å². The van der Waals surface area contributed by atoms with Gasteiger partial charge in [-0.05, 0) is 32.3 Å². The molecule has 1 saturated heterocycles. The first-order valence-corrected chi connectivity index (χ1v) is 8.37. The second kappa shape index (κ2) is 4.37. The van der Waals surface area contributed by atoms with Gasteiger partial charge in [-0.3, -0.25) is 4.79 Å². The van der Waals surface area contributed by atoms with E-state index in [4.69, 9.17) is 4.42 Å². The van der Waals surface area contributed by atoms with E-state index in [-0.39, 0.29) is 29.5 Å². The minimum absolute atomic E-state index is 0.0872. The first-order valence-electron chi connectivity index (χ1n) is 6.55. The third kappa shape index (κ3) is 2.41. The van der Waals surface area contributed by atoms with Crippen LogP contribution in [-0.2, 0) is 9.84 Å². The summed E-state index contributed by atoms with van der Waals surface area (Å²) < 4.78 is 28.4. The fourth-order valence-electron chi connectivity index (χ4n) is 2.72. The van der Waals surface area contributed by atoms with E-state index in [1.54, 1.807) is 17.9 Å². The summed E-state index contributed by atoms with van der Waals surface area (Å²) in [6.07, 6.45) is 4.00. The molecule has 2 heterocycles. The van der Waals surface area contributed by atoms with Crippen molar-refractivity contribution in [3.8, 4) is 0 Å². The molecule has 0 spiro atoms. The average Bonchev–Trinajstić information content (AvgIpc) is 2.97. The minimum Gasteiger partial charge on any atom is -0.469 e. The van der Waals surface area contributed by atoms with E-state index in [2.05, 4.69) is 0 Å². The van der Waals surface area contributed by atoms with E-state index in [1.807, 2.05) is 0 Å². The number of sulfone groups is 1. The van der Waals surface area contributed by atoms with E-state index in [0.717, 1.165) is 12.8 Å². The first kappa shape index (κ1) is 12.7. The number of hydrogen-bond acceptors (Lipinski definition) is 4. The summed E-state index contributed by atoms with van der Waals surface area (Å²) in [5.41, 5.74) is 0.552. The predicted octanol–water partition coefficient (Wildman–Crippen LogP) is 1.38. The molecule has 3 rings (SSSR count). The van der Waals surface area contributed by atoms with E-state index in [1.165, 1.54) is 6.26 Å². The smallest absolute Gasteiger partial charge is 0.257 e. The Labute approximate surface area is 112 Å². The molecule has 0 aromatic carbocycles. The maximum Gasteiger partial charge on any atom is 0.257 e. The van der Waals surface area contributed by atoms with Crippen LogP contribution >= 0.6 is 0 Å². The van der Waals surface area contributed by atoms with Crippen LogP contribution in [-0.4, -0.2) is 42.8 Å². The largest absolute Gasteiger partial charge is 0.469 e. The Kier molecular flexibility index (Phi) is 2.92. The molecule has 19 heavy (non-hydrogen) atoms. The molecular formula is C13H17NO4S. The molecule has 0 unspecified atom stereocenters. The van der Waals surface area contributed by atoms with Crippen molar-refractivity contribution in [2.75, 3.05) is 11.5 Å². The lowest BCUT2D eigenvalue weighted by Crippen LogP contribution is -2.42. The number of hydrogen-bond donors (Lipinski definition) is 0. The second-order valence-corrected chi connectivity index (χ2v) is 7.62. The number of aryl methyl sites for hydroxylation is 1. The highest BCUT2D eigenvalue weighted by atomic mass is 32.2. The number of carbonyl (C=O) groups is 1. The van der Waals surface area contributed by atoms with Gasteiger partial charge in [0.05, 0.1) is 23.3 Å². The summed E-state index contributed by atoms with van der Waals surface area (Å²) in [4.78, 5) is 14.4. The number of rotatable bonds is 3. The summed E-state index contributed by atoms with van der Waals surface area (Å²) in [6.45, 7) is 1.75. The van der Waals surface area contributed by atoms with Crippen molar-refractivity contribution in [1.29, 1.82) is 0 Å². The van der Waals surface area contributed by atoms with E-state index >= 15 is 0 Å². The Morgan fingerprint density at radius 1 is 1.32 bits per heavy atom. The highest BCUT2D eigenvalue weighted by Crippen LogP contribution is 2.34. The molecule has 1 atom stereocenters. The molecule has 0 bridgehead atoms. The van der Waals surface area contributed by atoms with Crippen molar-refractivity contribution in [1.82, 2.24) is 4.90 Å². The monoisotopic (exact) mass is 283 g/mol. The Morgan fingerprint density at radius 2 is 2.05 bits per heavy atom. The minimum atomic E-state index is -2.98. The van der Waals surface area contributed by atoms with E-state index in [9.17, 15) is 13.2 Å². The lowest BCUT2D eigenvalue weighted by Gasteiger charge is -2.28. The van der Waals surface area contributed by atoms with Crippen LogP contribution in [0.1, 0.15) is 35.4 Å². The highest BCUT2D eigenvalue weighted by Gasteiger charge is 2.42. The van der Waals surface area contributed by atoms with Gasteiger partial charge in [-0.25, -0.2) is 8.42 Å². The van der Waals surface area contributed by atoms with Gasteiger partial charge in [0, 0.05) is 12.1 Å². The molecule has 1 amide bonds. The van der Waals surface area contributed by atoms with Gasteiger partial charge < -0.3 is 9.32 Å². The van der Waals surface area contributed by atoms with Gasteiger partial charge in [0.1, 0.15) is 5.76 Å². The molecule has 2 fully saturated rings. The summed E-state index contributed by atoms with van der Waals surface area (Å²) in [5, 5.41) is 0. The average molecular weight is 283 g/mol. The van der Waals surface area contributed by atoms with Crippen LogP contribution < -0.4 is 0 Å². The topological polar surface area (TPSA) is 67.6 Å². The predicted molar refractivity (Wildman–Crippen MR) is 69.7 cm³/mol. The maximum atomic E-state index is 12.6. The van der Waals surface area contributed by atoms with Crippen molar-refractivity contribution in [2.24, 2.45) is 0 Å². The van der Waals surface area contributed by atoms with E-state index < -0.39 is 9.84 Å². The Balaban J connectivity index is 1.86. The summed E-state index contributed by atoms with van der Waals surface area (Å²) in [6, 6.07) is 1.70. The Hall–Kier alpha value is -1.30. The van der Waals surface area contributed by atoms with Gasteiger partial charge in [0.15, 0.2) is 9.84 Å². The first-order chi connectivity index (χ1) is 8.98. The third-order valence-electron chi connectivity index (χ3n) is 3.87. The zero-order chi connectivity index (χ0) is 13.6. The molecule has 1 saturated carbocycles. The molecule has 1 aromatic heterocycles. The molecule has 0 radical (unpaired) electrons. The van der Waals surface area contributed by atoms with Gasteiger partial charge in [-0.1, -0.05) is 0 Å². The number of amides is 1. The van der Waals surface area contributed by atoms with Gasteiger partial charge in [0.25, 0.3) is 5.91 Å². The lowest BCUT2D eigenvalue weighted by molar-refractivity contribution is 0.0679. The SMILES string of the molecule is Cc1occc1C(=O)N(C1CC1)[C@@H]1CCS(=O)(=O)C1. The zero-order valence-corrected chi connectivity index (χ0v) is 11.6. The quantitative estimate of drug-likeness (QED) is 0.840. The fourth-order valence-corrected chi connectivity index (χ4v) is 4.43. The van der Waals surface area contributed by atoms with Crippen molar-refractivity contribution in [3.63, 3.8) is 0 Å². The zero-order valence-electron chi connectivity index (χ0n) is 10.8. The van der Waals surface area contributed by atoms with Crippen molar-refractivity contribution in [2.45, 2.75) is 38.3 Å².